The highest BCUT2D eigenvalue weighted by molar-refractivity contribution is 5.71. The number of hydrogen-bond acceptors (Lipinski definition) is 3. The van der Waals surface area contributed by atoms with Gasteiger partial charge in [-0.25, -0.2) is 9.18 Å². The highest BCUT2D eigenvalue weighted by atomic mass is 19.1. The zero-order valence-corrected chi connectivity index (χ0v) is 8.09. The standard InChI is InChI=1S/C9H13FN4O/c10-6-3-7(11)5-8(4-6)13-1-2-14-9(12)15/h3-5,13H,1-2,11H2,(H3,12,14,15). The van der Waals surface area contributed by atoms with Crippen molar-refractivity contribution in [2.24, 2.45) is 5.73 Å². The topological polar surface area (TPSA) is 93.2 Å². The Hall–Kier alpha value is -1.98. The molecule has 0 aromatic heterocycles. The summed E-state index contributed by atoms with van der Waals surface area (Å²) in [7, 11) is 0. The van der Waals surface area contributed by atoms with Crippen LogP contribution in [0.3, 0.4) is 0 Å². The van der Waals surface area contributed by atoms with Crippen molar-refractivity contribution in [3.05, 3.63) is 24.0 Å². The normalized spacial score (nSPS) is 9.67. The molecule has 0 spiro atoms. The number of halogens is 1. The molecule has 1 aromatic carbocycles. The zero-order chi connectivity index (χ0) is 11.3. The van der Waals surface area contributed by atoms with Gasteiger partial charge in [-0.05, 0) is 18.2 Å². The Kier molecular flexibility index (Phi) is 3.73. The maximum atomic E-state index is 12.9. The SMILES string of the molecule is NC(=O)NCCNc1cc(N)cc(F)c1. The van der Waals surface area contributed by atoms with Gasteiger partial charge in [0, 0.05) is 24.5 Å². The van der Waals surface area contributed by atoms with Crippen LogP contribution in [-0.4, -0.2) is 19.1 Å². The van der Waals surface area contributed by atoms with E-state index in [0.717, 1.165) is 0 Å². The quantitative estimate of drug-likeness (QED) is 0.432. The van der Waals surface area contributed by atoms with Crippen molar-refractivity contribution in [1.29, 1.82) is 0 Å². The fraction of sp³-hybridized carbons (Fsp3) is 0.222. The second-order valence-corrected chi connectivity index (χ2v) is 2.99. The minimum atomic E-state index is -0.587. The van der Waals surface area contributed by atoms with Crippen molar-refractivity contribution in [2.75, 3.05) is 24.1 Å². The van der Waals surface area contributed by atoms with Gasteiger partial charge in [0.1, 0.15) is 5.82 Å². The summed E-state index contributed by atoms with van der Waals surface area (Å²) in [5, 5.41) is 5.29. The Balaban J connectivity index is 2.40. The van der Waals surface area contributed by atoms with E-state index in [-0.39, 0.29) is 0 Å². The first-order chi connectivity index (χ1) is 7.08. The first kappa shape index (κ1) is 11.1. The fourth-order valence-corrected chi connectivity index (χ4v) is 1.11. The molecule has 0 aliphatic rings. The number of hydrogen-bond donors (Lipinski definition) is 4. The van der Waals surface area contributed by atoms with Crippen LogP contribution in [0.1, 0.15) is 0 Å². The van der Waals surface area contributed by atoms with Gasteiger partial charge in [-0.1, -0.05) is 0 Å². The minimum Gasteiger partial charge on any atom is -0.399 e. The van der Waals surface area contributed by atoms with E-state index >= 15 is 0 Å². The second kappa shape index (κ2) is 5.04. The molecule has 0 heterocycles. The van der Waals surface area contributed by atoms with Gasteiger partial charge in [-0.3, -0.25) is 0 Å². The number of amides is 2. The van der Waals surface area contributed by atoms with Crippen LogP contribution in [0.5, 0.6) is 0 Å². The van der Waals surface area contributed by atoms with Crippen molar-refractivity contribution in [1.82, 2.24) is 5.32 Å². The maximum Gasteiger partial charge on any atom is 0.312 e. The number of nitrogens with two attached hydrogens (primary N) is 2. The minimum absolute atomic E-state index is 0.348. The molecule has 5 nitrogen and oxygen atoms in total. The van der Waals surface area contributed by atoms with Gasteiger partial charge in [0.2, 0.25) is 0 Å². The van der Waals surface area contributed by atoms with Crippen LogP contribution in [0, 0.1) is 5.82 Å². The Morgan fingerprint density at radius 2 is 2.07 bits per heavy atom. The molecule has 0 unspecified atom stereocenters. The van der Waals surface area contributed by atoms with Gasteiger partial charge >= 0.3 is 6.03 Å². The maximum absolute atomic E-state index is 12.9. The highest BCUT2D eigenvalue weighted by Crippen LogP contribution is 2.14. The Labute approximate surface area is 86.6 Å². The van der Waals surface area contributed by atoms with Crippen LogP contribution in [0.2, 0.25) is 0 Å². The number of carbonyl (C=O) groups excluding carboxylic acids is 1. The summed E-state index contributed by atoms with van der Waals surface area (Å²) in [5.41, 5.74) is 11.2. The summed E-state index contributed by atoms with van der Waals surface area (Å²) in [6.45, 7) is 0.817. The Bertz CT molecular complexity index is 336. The summed E-state index contributed by atoms with van der Waals surface area (Å²) in [4.78, 5) is 10.3. The van der Waals surface area contributed by atoms with Crippen LogP contribution in [0.4, 0.5) is 20.6 Å². The average molecular weight is 212 g/mol. The molecule has 0 aliphatic heterocycles. The lowest BCUT2D eigenvalue weighted by Gasteiger charge is -2.07. The van der Waals surface area contributed by atoms with E-state index in [1.54, 1.807) is 6.07 Å². The van der Waals surface area contributed by atoms with Gasteiger partial charge < -0.3 is 22.1 Å². The number of rotatable bonds is 4. The third-order valence-electron chi connectivity index (χ3n) is 1.67. The first-order valence-corrected chi connectivity index (χ1v) is 4.41. The van der Waals surface area contributed by atoms with E-state index in [1.807, 2.05) is 0 Å². The number of carbonyl (C=O) groups is 1. The Morgan fingerprint density at radius 1 is 1.33 bits per heavy atom. The zero-order valence-electron chi connectivity index (χ0n) is 8.09. The summed E-state index contributed by atoms with van der Waals surface area (Å²) < 4.78 is 12.9. The van der Waals surface area contributed by atoms with Crippen molar-refractivity contribution in [3.8, 4) is 0 Å². The number of primary amides is 1. The number of nitrogen functional groups attached to an aromatic ring is 1. The van der Waals surface area contributed by atoms with Crippen LogP contribution in [-0.2, 0) is 0 Å². The lowest BCUT2D eigenvalue weighted by Crippen LogP contribution is -2.33. The monoisotopic (exact) mass is 212 g/mol. The number of benzene rings is 1. The molecule has 6 heteroatoms. The first-order valence-electron chi connectivity index (χ1n) is 4.41. The molecular weight excluding hydrogens is 199 g/mol. The fourth-order valence-electron chi connectivity index (χ4n) is 1.11. The van der Waals surface area contributed by atoms with Gasteiger partial charge in [0.05, 0.1) is 0 Å². The van der Waals surface area contributed by atoms with Crippen molar-refractivity contribution in [2.45, 2.75) is 0 Å². The van der Waals surface area contributed by atoms with Crippen molar-refractivity contribution in [3.63, 3.8) is 0 Å². The molecule has 0 fully saturated rings. The predicted octanol–water partition coefficient (Wildman–Crippen LogP) is 0.488. The van der Waals surface area contributed by atoms with Crippen molar-refractivity contribution < 1.29 is 9.18 Å². The summed E-state index contributed by atoms with van der Waals surface area (Å²) in [6, 6.07) is 3.57. The molecule has 15 heavy (non-hydrogen) atoms. The predicted molar refractivity (Wildman–Crippen MR) is 56.9 cm³/mol. The molecule has 2 amide bonds. The van der Waals surface area contributed by atoms with E-state index < -0.39 is 11.8 Å². The van der Waals surface area contributed by atoms with Gasteiger partial charge in [-0.15, -0.1) is 0 Å². The second-order valence-electron chi connectivity index (χ2n) is 2.99. The summed E-state index contributed by atoms with van der Waals surface area (Å²) >= 11 is 0. The van der Waals surface area contributed by atoms with Crippen LogP contribution in [0.15, 0.2) is 18.2 Å². The molecule has 0 aliphatic carbocycles. The largest absolute Gasteiger partial charge is 0.399 e. The molecule has 0 radical (unpaired) electrons. The molecule has 0 atom stereocenters. The summed E-state index contributed by atoms with van der Waals surface area (Å²) in [5.74, 6) is -0.402. The highest BCUT2D eigenvalue weighted by Gasteiger charge is 1.97. The molecular formula is C9H13FN4O. The molecule has 0 saturated heterocycles. The van der Waals surface area contributed by atoms with Gasteiger partial charge in [0.25, 0.3) is 0 Å². The number of nitrogens with one attached hydrogen (secondary N) is 2. The van der Waals surface area contributed by atoms with E-state index in [9.17, 15) is 9.18 Å². The van der Waals surface area contributed by atoms with Crippen LogP contribution < -0.4 is 22.1 Å². The Morgan fingerprint density at radius 3 is 2.67 bits per heavy atom. The third kappa shape index (κ3) is 4.17. The van der Waals surface area contributed by atoms with E-state index in [4.69, 9.17) is 11.5 Å². The lowest BCUT2D eigenvalue weighted by atomic mass is 10.2. The van der Waals surface area contributed by atoms with Gasteiger partial charge in [-0.2, -0.15) is 0 Å². The molecule has 6 N–H and O–H groups in total. The third-order valence-corrected chi connectivity index (χ3v) is 1.67. The van der Waals surface area contributed by atoms with Crippen LogP contribution in [0.25, 0.3) is 0 Å². The van der Waals surface area contributed by atoms with Crippen molar-refractivity contribution >= 4 is 17.4 Å². The summed E-state index contributed by atoms with van der Waals surface area (Å²) in [6.07, 6.45) is 0. The molecule has 82 valence electrons. The lowest BCUT2D eigenvalue weighted by molar-refractivity contribution is 0.249. The molecule has 0 bridgehead atoms. The van der Waals surface area contributed by atoms with Gasteiger partial charge in [0.15, 0.2) is 0 Å². The van der Waals surface area contributed by atoms with E-state index in [0.29, 0.717) is 24.5 Å². The smallest absolute Gasteiger partial charge is 0.312 e. The number of urea groups is 1. The molecule has 0 saturated carbocycles. The molecule has 1 rings (SSSR count). The van der Waals surface area contributed by atoms with E-state index in [2.05, 4.69) is 10.6 Å². The number of anilines is 2. The van der Waals surface area contributed by atoms with E-state index in [1.165, 1.54) is 12.1 Å². The van der Waals surface area contributed by atoms with Crippen LogP contribution >= 0.6 is 0 Å². The average Bonchev–Trinajstić information content (AvgIpc) is 2.10. The molecule has 1 aromatic rings.